The summed E-state index contributed by atoms with van der Waals surface area (Å²) in [6.45, 7) is 5.72. The van der Waals surface area contributed by atoms with E-state index in [1.54, 1.807) is 27.8 Å². The lowest BCUT2D eigenvalue weighted by molar-refractivity contribution is -0.140. The molecule has 3 atom stereocenters. The van der Waals surface area contributed by atoms with Gasteiger partial charge in [0, 0.05) is 0 Å². The van der Waals surface area contributed by atoms with Crippen molar-refractivity contribution in [1.29, 1.82) is 0 Å². The lowest BCUT2D eigenvalue weighted by Gasteiger charge is -2.07. The fraction of sp³-hybridized carbons (Fsp3) is 0.750. The number of nitrogens with one attached hydrogen (secondary N) is 2. The first-order valence-corrected chi connectivity index (χ1v) is 8.58. The fourth-order valence-electron chi connectivity index (χ4n) is 1.30. The molecule has 0 amide bonds. The van der Waals surface area contributed by atoms with Gasteiger partial charge >= 0.3 is 23.9 Å². The second-order valence-corrected chi connectivity index (χ2v) is 6.04. The molecule has 166 valence electrons. The molecule has 0 spiro atoms. The number of rotatable bonds is 6. The van der Waals surface area contributed by atoms with Gasteiger partial charge in [-0.1, -0.05) is 13.8 Å². The number of nitrogens with two attached hydrogens (primary N) is 2. The topological polar surface area (TPSA) is 225 Å². The van der Waals surface area contributed by atoms with Crippen molar-refractivity contribution >= 4 is 23.9 Å². The van der Waals surface area contributed by atoms with Gasteiger partial charge in [0.25, 0.3) is 0 Å². The van der Waals surface area contributed by atoms with Crippen molar-refractivity contribution in [3.63, 3.8) is 0 Å². The minimum absolute atomic E-state index is 0.0208. The lowest BCUT2D eigenvalue weighted by atomic mass is 10.1. The zero-order valence-corrected chi connectivity index (χ0v) is 16.7. The van der Waals surface area contributed by atoms with Crippen LogP contribution in [0.1, 0.15) is 33.6 Å². The van der Waals surface area contributed by atoms with Crippen LogP contribution in [0.4, 0.5) is 0 Å². The van der Waals surface area contributed by atoms with E-state index >= 15 is 0 Å². The summed E-state index contributed by atoms with van der Waals surface area (Å²) in [6, 6.07) is -1.41. The molecular weight excluding hydrogens is 376 g/mol. The first-order chi connectivity index (χ1) is 12.8. The van der Waals surface area contributed by atoms with E-state index < -0.39 is 36.0 Å². The van der Waals surface area contributed by atoms with Crippen molar-refractivity contribution < 1.29 is 39.6 Å². The van der Waals surface area contributed by atoms with E-state index in [0.29, 0.717) is 0 Å². The maximum absolute atomic E-state index is 10.1. The predicted molar refractivity (Wildman–Crippen MR) is 102 cm³/mol. The summed E-state index contributed by atoms with van der Waals surface area (Å²) < 4.78 is 0. The van der Waals surface area contributed by atoms with Gasteiger partial charge in [0.05, 0.1) is 6.54 Å². The highest BCUT2D eigenvalue weighted by Gasteiger charge is 2.20. The molecule has 0 bridgehead atoms. The molecule has 0 unspecified atom stereocenters. The number of aliphatic carboxylic acids is 4. The summed E-state index contributed by atoms with van der Waals surface area (Å²) in [6.07, 6.45) is 1.78. The zero-order chi connectivity index (χ0) is 22.9. The maximum atomic E-state index is 10.1. The molecule has 12 heteroatoms. The predicted octanol–water partition coefficient (Wildman–Crippen LogP) is -1.41. The van der Waals surface area contributed by atoms with Gasteiger partial charge in [-0.3, -0.25) is 19.2 Å². The quantitative estimate of drug-likeness (QED) is 0.252. The van der Waals surface area contributed by atoms with Gasteiger partial charge in [-0.05, 0) is 39.3 Å². The minimum atomic E-state index is -0.968. The second-order valence-electron chi connectivity index (χ2n) is 6.04. The summed E-state index contributed by atoms with van der Waals surface area (Å²) in [4.78, 5) is 39.3. The van der Waals surface area contributed by atoms with Crippen LogP contribution in [0.15, 0.2) is 0 Å². The van der Waals surface area contributed by atoms with Gasteiger partial charge in [0.1, 0.15) is 18.1 Å². The van der Waals surface area contributed by atoms with Crippen LogP contribution in [0.5, 0.6) is 0 Å². The number of carbonyl (C=O) groups is 4. The van der Waals surface area contributed by atoms with Gasteiger partial charge in [-0.2, -0.15) is 0 Å². The van der Waals surface area contributed by atoms with E-state index in [1.165, 1.54) is 0 Å². The van der Waals surface area contributed by atoms with Gasteiger partial charge in [0.2, 0.25) is 0 Å². The first-order valence-electron chi connectivity index (χ1n) is 8.58. The van der Waals surface area contributed by atoms with Crippen molar-refractivity contribution in [2.75, 3.05) is 20.1 Å². The second kappa shape index (κ2) is 18.1. The van der Waals surface area contributed by atoms with Crippen molar-refractivity contribution in [3.8, 4) is 0 Å². The van der Waals surface area contributed by atoms with Gasteiger partial charge in [-0.15, -0.1) is 0 Å². The van der Waals surface area contributed by atoms with Crippen LogP contribution >= 0.6 is 0 Å². The molecule has 0 aromatic heterocycles. The molecule has 0 saturated carbocycles. The Bertz CT molecular complexity index is 456. The standard InChI is InChI=1S/C5H9NO2.C5H11NO2.C4H9NO2.C2H5NO2/c7-5(8)4-2-1-3-6-4;1-3(2)4(6)5(7)8;1-3(5-2)4(6)7;3-1-2(4)5/h4,6H,1-3H2,(H,7,8);3-4H,6H2,1-2H3,(H,7,8);3,5H,1-2H3,(H,6,7);1,3H2,(H,4,5)/t2*4-;3-;/m000./s1. The van der Waals surface area contributed by atoms with Gasteiger partial charge in [-0.25, -0.2) is 0 Å². The third kappa shape index (κ3) is 20.0. The molecule has 0 aromatic rings. The highest BCUT2D eigenvalue weighted by atomic mass is 16.4. The van der Waals surface area contributed by atoms with Crippen LogP contribution in [-0.4, -0.2) is 82.6 Å². The Kier molecular flexibility index (Phi) is 19.7. The van der Waals surface area contributed by atoms with Crippen LogP contribution < -0.4 is 22.1 Å². The largest absolute Gasteiger partial charge is 0.480 e. The Morgan fingerprint density at radius 1 is 1.07 bits per heavy atom. The zero-order valence-electron chi connectivity index (χ0n) is 16.7. The average Bonchev–Trinajstić information content (AvgIpc) is 3.16. The highest BCUT2D eigenvalue weighted by Crippen LogP contribution is 2.03. The van der Waals surface area contributed by atoms with E-state index in [4.69, 9.17) is 26.2 Å². The average molecular weight is 410 g/mol. The number of likely N-dealkylation sites (N-methyl/N-ethyl adjacent to an activating group) is 1. The molecule has 1 rings (SSSR count). The molecule has 1 heterocycles. The summed E-state index contributed by atoms with van der Waals surface area (Å²) in [5.41, 5.74) is 9.73. The SMILES string of the molecule is CC(C)[C@H](N)C(=O)O.CN[C@@H](C)C(=O)O.NCC(=O)O.O=C(O)[C@@H]1CCCN1. The van der Waals surface area contributed by atoms with Crippen molar-refractivity contribution in [3.05, 3.63) is 0 Å². The summed E-state index contributed by atoms with van der Waals surface area (Å²) in [7, 11) is 1.61. The molecule has 12 nitrogen and oxygen atoms in total. The number of carboxylic acids is 4. The molecule has 10 N–H and O–H groups in total. The highest BCUT2D eigenvalue weighted by molar-refractivity contribution is 5.74. The molecule has 0 aromatic carbocycles. The molecule has 0 radical (unpaired) electrons. The van der Waals surface area contributed by atoms with Crippen LogP contribution in [-0.2, 0) is 19.2 Å². The number of hydrogen-bond donors (Lipinski definition) is 8. The smallest absolute Gasteiger partial charge is 0.320 e. The van der Waals surface area contributed by atoms with Crippen LogP contribution in [0.3, 0.4) is 0 Å². The molecule has 1 saturated heterocycles. The molecule has 28 heavy (non-hydrogen) atoms. The summed E-state index contributed by atoms with van der Waals surface area (Å²) in [5, 5.41) is 37.7. The number of carboxylic acid groups (broad SMARTS) is 4. The van der Waals surface area contributed by atoms with Crippen molar-refractivity contribution in [2.45, 2.75) is 51.7 Å². The Balaban J connectivity index is -0.000000302. The van der Waals surface area contributed by atoms with E-state index in [1.807, 2.05) is 0 Å². The van der Waals surface area contributed by atoms with Gasteiger partial charge in [0.15, 0.2) is 0 Å². The van der Waals surface area contributed by atoms with Crippen LogP contribution in [0.25, 0.3) is 0 Å². The van der Waals surface area contributed by atoms with E-state index in [0.717, 1.165) is 19.4 Å². The normalized spacial score (nSPS) is 16.8. The van der Waals surface area contributed by atoms with Crippen molar-refractivity contribution in [1.82, 2.24) is 10.6 Å². The lowest BCUT2D eigenvalue weighted by Crippen LogP contribution is -2.34. The molecule has 0 aliphatic carbocycles. The maximum Gasteiger partial charge on any atom is 0.320 e. The monoisotopic (exact) mass is 410 g/mol. The third-order valence-corrected chi connectivity index (χ3v) is 3.34. The van der Waals surface area contributed by atoms with Crippen LogP contribution in [0, 0.1) is 5.92 Å². The number of hydrogen-bond acceptors (Lipinski definition) is 8. The molecule has 1 aliphatic rings. The third-order valence-electron chi connectivity index (χ3n) is 3.34. The van der Waals surface area contributed by atoms with Crippen LogP contribution in [0.2, 0.25) is 0 Å². The first kappa shape index (κ1) is 30.4. The Morgan fingerprint density at radius 3 is 1.61 bits per heavy atom. The minimum Gasteiger partial charge on any atom is -0.480 e. The summed E-state index contributed by atoms with van der Waals surface area (Å²) >= 11 is 0. The van der Waals surface area contributed by atoms with Gasteiger partial charge < -0.3 is 42.5 Å². The van der Waals surface area contributed by atoms with Crippen molar-refractivity contribution in [2.24, 2.45) is 17.4 Å². The Morgan fingerprint density at radius 2 is 1.54 bits per heavy atom. The Hall–Kier alpha value is -2.28. The van der Waals surface area contributed by atoms with E-state index in [2.05, 4.69) is 16.4 Å². The molecule has 1 aliphatic heterocycles. The Labute approximate surface area is 164 Å². The molecular formula is C16H34N4O8. The fourth-order valence-corrected chi connectivity index (χ4v) is 1.30. The van der Waals surface area contributed by atoms with E-state index in [-0.39, 0.29) is 18.5 Å². The summed E-state index contributed by atoms with van der Waals surface area (Å²) in [5.74, 6) is -3.41. The molecule has 1 fully saturated rings. The van der Waals surface area contributed by atoms with E-state index in [9.17, 15) is 19.2 Å².